The molecule has 0 unspecified atom stereocenters. The van der Waals surface area contributed by atoms with Crippen molar-refractivity contribution in [1.29, 1.82) is 0 Å². The van der Waals surface area contributed by atoms with Gasteiger partial charge in [0, 0.05) is 22.4 Å². The average Bonchev–Trinajstić information content (AvgIpc) is 2.52. The Hall–Kier alpha value is -1.72. The number of amides is 1. The van der Waals surface area contributed by atoms with Crippen LogP contribution >= 0.6 is 23.4 Å². The molecule has 0 saturated heterocycles. The van der Waals surface area contributed by atoms with E-state index in [1.807, 2.05) is 36.4 Å². The van der Waals surface area contributed by atoms with Crippen molar-refractivity contribution in [3.63, 3.8) is 0 Å². The van der Waals surface area contributed by atoms with E-state index in [0.717, 1.165) is 15.7 Å². The largest absolute Gasteiger partial charge is 0.465 e. The molecular formula is C17H18ClNO3S. The summed E-state index contributed by atoms with van der Waals surface area (Å²) in [6.07, 6.45) is 0. The Labute approximate surface area is 144 Å². The van der Waals surface area contributed by atoms with Gasteiger partial charge in [-0.3, -0.25) is 9.59 Å². The van der Waals surface area contributed by atoms with Crippen LogP contribution in [0.15, 0.2) is 41.3 Å². The Morgan fingerprint density at radius 1 is 1.22 bits per heavy atom. The highest BCUT2D eigenvalue weighted by Crippen LogP contribution is 2.33. The van der Waals surface area contributed by atoms with Crippen LogP contribution in [0.25, 0.3) is 10.8 Å². The molecule has 0 fully saturated rings. The van der Waals surface area contributed by atoms with Crippen molar-refractivity contribution in [2.75, 3.05) is 26.0 Å². The smallest absolute Gasteiger partial charge is 0.325 e. The molecule has 1 amide bonds. The first-order chi connectivity index (χ1) is 11.0. The Balaban J connectivity index is 2.03. The number of rotatable bonds is 6. The van der Waals surface area contributed by atoms with Crippen LogP contribution < -0.4 is 0 Å². The molecule has 0 aliphatic rings. The van der Waals surface area contributed by atoms with Crippen LogP contribution in [0.4, 0.5) is 0 Å². The first-order valence-corrected chi connectivity index (χ1v) is 8.59. The molecule has 0 N–H and O–H groups in total. The molecule has 122 valence electrons. The SMILES string of the molecule is CCOC(=O)CN(C)C(=O)CSc1cccc2cccc(Cl)c12. The lowest BCUT2D eigenvalue weighted by atomic mass is 10.1. The van der Waals surface area contributed by atoms with E-state index in [0.29, 0.717) is 11.6 Å². The number of hydrogen-bond donors (Lipinski definition) is 0. The van der Waals surface area contributed by atoms with Gasteiger partial charge in [-0.1, -0.05) is 35.9 Å². The summed E-state index contributed by atoms with van der Waals surface area (Å²) < 4.78 is 4.84. The number of likely N-dealkylation sites (N-methyl/N-ethyl adjacent to an activating group) is 1. The van der Waals surface area contributed by atoms with Crippen LogP contribution in [0.3, 0.4) is 0 Å². The number of ether oxygens (including phenoxy) is 1. The Morgan fingerprint density at radius 2 is 1.91 bits per heavy atom. The van der Waals surface area contributed by atoms with Gasteiger partial charge in [-0.25, -0.2) is 0 Å². The molecule has 0 spiro atoms. The van der Waals surface area contributed by atoms with E-state index in [1.165, 1.54) is 16.7 Å². The van der Waals surface area contributed by atoms with Gasteiger partial charge in [0.25, 0.3) is 0 Å². The van der Waals surface area contributed by atoms with Gasteiger partial charge in [0.1, 0.15) is 6.54 Å². The van der Waals surface area contributed by atoms with E-state index in [2.05, 4.69) is 0 Å². The van der Waals surface area contributed by atoms with E-state index < -0.39 is 5.97 Å². The van der Waals surface area contributed by atoms with Crippen molar-refractivity contribution in [3.8, 4) is 0 Å². The lowest BCUT2D eigenvalue weighted by Gasteiger charge is -2.16. The van der Waals surface area contributed by atoms with Crippen LogP contribution in [0.1, 0.15) is 6.92 Å². The van der Waals surface area contributed by atoms with E-state index in [-0.39, 0.29) is 18.2 Å². The van der Waals surface area contributed by atoms with E-state index in [1.54, 1.807) is 14.0 Å². The van der Waals surface area contributed by atoms with Crippen molar-refractivity contribution in [1.82, 2.24) is 4.90 Å². The molecule has 0 aromatic heterocycles. The molecule has 2 aromatic carbocycles. The van der Waals surface area contributed by atoms with Gasteiger partial charge in [0.15, 0.2) is 0 Å². The molecular weight excluding hydrogens is 334 g/mol. The molecule has 2 rings (SSSR count). The second kappa shape index (κ2) is 8.22. The number of fused-ring (bicyclic) bond motifs is 1. The van der Waals surface area contributed by atoms with Crippen molar-refractivity contribution < 1.29 is 14.3 Å². The first kappa shape index (κ1) is 17.6. The standard InChI is InChI=1S/C17H18ClNO3S/c1-3-22-16(21)10-19(2)15(20)11-23-14-9-5-7-12-6-4-8-13(18)17(12)14/h4-9H,3,10-11H2,1-2H3. The molecule has 0 heterocycles. The minimum Gasteiger partial charge on any atom is -0.465 e. The summed E-state index contributed by atoms with van der Waals surface area (Å²) in [4.78, 5) is 25.9. The quantitative estimate of drug-likeness (QED) is 0.589. The number of benzene rings is 2. The van der Waals surface area contributed by atoms with Gasteiger partial charge < -0.3 is 9.64 Å². The van der Waals surface area contributed by atoms with Gasteiger partial charge >= 0.3 is 5.97 Å². The number of nitrogens with zero attached hydrogens (tertiary/aromatic N) is 1. The number of esters is 1. The Kier molecular flexibility index (Phi) is 6.30. The van der Waals surface area contributed by atoms with Crippen molar-refractivity contribution >= 4 is 46.0 Å². The highest BCUT2D eigenvalue weighted by molar-refractivity contribution is 8.00. The molecule has 23 heavy (non-hydrogen) atoms. The summed E-state index contributed by atoms with van der Waals surface area (Å²) in [5.41, 5.74) is 0. The zero-order chi connectivity index (χ0) is 16.8. The molecule has 0 atom stereocenters. The van der Waals surface area contributed by atoms with Crippen LogP contribution in [0.2, 0.25) is 5.02 Å². The summed E-state index contributed by atoms with van der Waals surface area (Å²) in [6.45, 7) is 2.01. The number of carbonyl (C=O) groups excluding carboxylic acids is 2. The van der Waals surface area contributed by atoms with E-state index in [9.17, 15) is 9.59 Å². The molecule has 0 aliphatic heterocycles. The minimum atomic E-state index is -0.401. The van der Waals surface area contributed by atoms with Crippen molar-refractivity contribution in [2.45, 2.75) is 11.8 Å². The third-order valence-corrected chi connectivity index (χ3v) is 4.62. The van der Waals surface area contributed by atoms with Crippen molar-refractivity contribution in [3.05, 3.63) is 41.4 Å². The molecule has 2 aromatic rings. The number of carbonyl (C=O) groups is 2. The fraction of sp³-hybridized carbons (Fsp3) is 0.294. The number of halogens is 1. The maximum absolute atomic E-state index is 12.1. The van der Waals surface area contributed by atoms with E-state index in [4.69, 9.17) is 16.3 Å². The summed E-state index contributed by atoms with van der Waals surface area (Å²) in [5.74, 6) is -0.297. The molecule has 0 bridgehead atoms. The van der Waals surface area contributed by atoms with Gasteiger partial charge in [-0.05, 0) is 24.4 Å². The van der Waals surface area contributed by atoms with Gasteiger partial charge in [-0.2, -0.15) is 0 Å². The Morgan fingerprint density at radius 3 is 2.61 bits per heavy atom. The van der Waals surface area contributed by atoms with Crippen LogP contribution in [-0.4, -0.2) is 42.7 Å². The number of thioether (sulfide) groups is 1. The zero-order valence-corrected chi connectivity index (χ0v) is 14.6. The molecule has 0 saturated carbocycles. The lowest BCUT2D eigenvalue weighted by molar-refractivity contribution is -0.147. The topological polar surface area (TPSA) is 46.6 Å². The summed E-state index contributed by atoms with van der Waals surface area (Å²) >= 11 is 7.69. The fourth-order valence-electron chi connectivity index (χ4n) is 2.12. The van der Waals surface area contributed by atoms with Gasteiger partial charge in [-0.15, -0.1) is 11.8 Å². The maximum Gasteiger partial charge on any atom is 0.325 e. The van der Waals surface area contributed by atoms with Crippen LogP contribution in [0, 0.1) is 0 Å². The predicted molar refractivity (Wildman–Crippen MR) is 94.0 cm³/mol. The van der Waals surface area contributed by atoms with Crippen LogP contribution in [0.5, 0.6) is 0 Å². The molecule has 6 heteroatoms. The maximum atomic E-state index is 12.1. The highest BCUT2D eigenvalue weighted by Gasteiger charge is 2.15. The second-order valence-corrected chi connectivity index (χ2v) is 6.36. The van der Waals surface area contributed by atoms with E-state index >= 15 is 0 Å². The van der Waals surface area contributed by atoms with Crippen molar-refractivity contribution in [2.24, 2.45) is 0 Å². The Bertz CT molecular complexity index is 715. The normalized spacial score (nSPS) is 10.6. The first-order valence-electron chi connectivity index (χ1n) is 7.22. The van der Waals surface area contributed by atoms with Gasteiger partial charge in [0.05, 0.1) is 12.4 Å². The monoisotopic (exact) mass is 351 g/mol. The highest BCUT2D eigenvalue weighted by atomic mass is 35.5. The van der Waals surface area contributed by atoms with Crippen LogP contribution in [-0.2, 0) is 14.3 Å². The summed E-state index contributed by atoms with van der Waals surface area (Å²) in [7, 11) is 1.59. The summed E-state index contributed by atoms with van der Waals surface area (Å²) in [6, 6.07) is 11.6. The third kappa shape index (κ3) is 4.62. The zero-order valence-electron chi connectivity index (χ0n) is 13.0. The fourth-order valence-corrected chi connectivity index (χ4v) is 3.51. The third-order valence-electron chi connectivity index (χ3n) is 3.26. The average molecular weight is 352 g/mol. The summed E-state index contributed by atoms with van der Waals surface area (Å²) in [5, 5.41) is 2.65. The minimum absolute atomic E-state index is 0.0382. The lowest BCUT2D eigenvalue weighted by Crippen LogP contribution is -2.34. The molecule has 0 radical (unpaired) electrons. The molecule has 4 nitrogen and oxygen atoms in total. The molecule has 0 aliphatic carbocycles. The van der Waals surface area contributed by atoms with Gasteiger partial charge in [0.2, 0.25) is 5.91 Å². The second-order valence-electron chi connectivity index (χ2n) is 4.94. The number of hydrogen-bond acceptors (Lipinski definition) is 4. The predicted octanol–water partition coefficient (Wildman–Crippen LogP) is 3.61.